The topological polar surface area (TPSA) is 91.6 Å². The van der Waals surface area contributed by atoms with Gasteiger partial charge in [-0.2, -0.15) is 5.26 Å². The Labute approximate surface area is 217 Å². The summed E-state index contributed by atoms with van der Waals surface area (Å²) in [6, 6.07) is 25.7. The third-order valence-electron chi connectivity index (χ3n) is 5.38. The molecule has 2 N–H and O–H groups in total. The van der Waals surface area contributed by atoms with Crippen molar-refractivity contribution < 1.29 is 19.4 Å². The Morgan fingerprint density at radius 1 is 1.06 bits per heavy atom. The molecule has 0 aromatic heterocycles. The second-order valence-electron chi connectivity index (χ2n) is 7.86. The van der Waals surface area contributed by atoms with E-state index in [-0.39, 0.29) is 11.3 Å². The molecule has 0 aliphatic rings. The van der Waals surface area contributed by atoms with E-state index in [1.54, 1.807) is 24.3 Å². The highest BCUT2D eigenvalue weighted by atomic mass is 79.9. The van der Waals surface area contributed by atoms with Gasteiger partial charge in [-0.25, -0.2) is 0 Å². The average molecular weight is 543 g/mol. The number of halogens is 1. The van der Waals surface area contributed by atoms with E-state index < -0.39 is 5.91 Å². The number of ether oxygens (including phenoxy) is 2. The normalized spacial score (nSPS) is 11.1. The van der Waals surface area contributed by atoms with Crippen molar-refractivity contribution in [2.45, 2.75) is 13.5 Å². The summed E-state index contributed by atoms with van der Waals surface area (Å²) in [6.07, 6.45) is 1.48. The average Bonchev–Trinajstić information content (AvgIpc) is 2.88. The molecule has 4 aromatic rings. The molecule has 0 saturated heterocycles. The summed E-state index contributed by atoms with van der Waals surface area (Å²) < 4.78 is 12.6. The van der Waals surface area contributed by atoms with E-state index in [9.17, 15) is 15.2 Å². The van der Waals surface area contributed by atoms with Crippen molar-refractivity contribution >= 4 is 44.4 Å². The SMILES string of the molecule is CCOc1cc(/C=C(\C#N)C(=O)Nc2ccc(O)cc2)cc(Br)c1OCc1cccc2ccccc12. The van der Waals surface area contributed by atoms with Crippen LogP contribution in [0.25, 0.3) is 16.8 Å². The molecule has 4 rings (SSSR count). The van der Waals surface area contributed by atoms with Crippen LogP contribution in [0.1, 0.15) is 18.1 Å². The number of hydrogen-bond donors (Lipinski definition) is 2. The maximum Gasteiger partial charge on any atom is 0.266 e. The highest BCUT2D eigenvalue weighted by molar-refractivity contribution is 9.10. The van der Waals surface area contributed by atoms with Gasteiger partial charge >= 0.3 is 0 Å². The predicted molar refractivity (Wildman–Crippen MR) is 144 cm³/mol. The van der Waals surface area contributed by atoms with Crippen molar-refractivity contribution in [3.63, 3.8) is 0 Å². The lowest BCUT2D eigenvalue weighted by Gasteiger charge is -2.16. The number of carbonyl (C=O) groups is 1. The van der Waals surface area contributed by atoms with E-state index >= 15 is 0 Å². The number of fused-ring (bicyclic) bond motifs is 1. The first-order valence-corrected chi connectivity index (χ1v) is 12.1. The molecule has 4 aromatic carbocycles. The monoisotopic (exact) mass is 542 g/mol. The lowest BCUT2D eigenvalue weighted by atomic mass is 10.1. The molecule has 0 fully saturated rings. The molecule has 0 spiro atoms. The van der Waals surface area contributed by atoms with Crippen LogP contribution in [0.4, 0.5) is 5.69 Å². The number of rotatable bonds is 8. The van der Waals surface area contributed by atoms with Gasteiger partial charge in [0.25, 0.3) is 5.91 Å². The van der Waals surface area contributed by atoms with Crippen LogP contribution in [0.5, 0.6) is 17.2 Å². The lowest BCUT2D eigenvalue weighted by Crippen LogP contribution is -2.13. The zero-order chi connectivity index (χ0) is 25.5. The van der Waals surface area contributed by atoms with Crippen molar-refractivity contribution in [2.24, 2.45) is 0 Å². The molecule has 0 atom stereocenters. The molecule has 0 unspecified atom stereocenters. The van der Waals surface area contributed by atoms with Crippen molar-refractivity contribution in [1.29, 1.82) is 5.26 Å². The largest absolute Gasteiger partial charge is 0.508 e. The van der Waals surface area contributed by atoms with Crippen LogP contribution >= 0.6 is 15.9 Å². The summed E-state index contributed by atoms with van der Waals surface area (Å²) in [6.45, 7) is 2.63. The maximum atomic E-state index is 12.6. The van der Waals surface area contributed by atoms with Gasteiger partial charge in [0.2, 0.25) is 0 Å². The highest BCUT2D eigenvalue weighted by Crippen LogP contribution is 2.38. The Balaban J connectivity index is 1.59. The standard InChI is InChI=1S/C29H23BrN2O4/c1-2-35-27-16-19(14-22(17-31)29(34)32-23-10-12-24(33)13-11-23)15-26(30)28(27)36-18-21-8-5-7-20-6-3-4-9-25(20)21/h3-16,33H,2,18H2,1H3,(H,32,34)/b22-14+. The fourth-order valence-electron chi connectivity index (χ4n) is 3.70. The minimum Gasteiger partial charge on any atom is -0.508 e. The molecular weight excluding hydrogens is 520 g/mol. The molecule has 0 aliphatic carbocycles. The zero-order valence-corrected chi connectivity index (χ0v) is 21.1. The van der Waals surface area contributed by atoms with Crippen LogP contribution in [-0.4, -0.2) is 17.6 Å². The van der Waals surface area contributed by atoms with Crippen molar-refractivity contribution in [3.05, 3.63) is 100 Å². The minimum atomic E-state index is -0.562. The number of nitriles is 1. The Morgan fingerprint density at radius 3 is 2.56 bits per heavy atom. The fraction of sp³-hybridized carbons (Fsp3) is 0.103. The molecule has 180 valence electrons. The molecule has 36 heavy (non-hydrogen) atoms. The number of anilines is 1. The zero-order valence-electron chi connectivity index (χ0n) is 19.5. The Morgan fingerprint density at radius 2 is 1.81 bits per heavy atom. The number of amides is 1. The van der Waals surface area contributed by atoms with E-state index in [1.165, 1.54) is 18.2 Å². The van der Waals surface area contributed by atoms with Gasteiger partial charge in [-0.05, 0) is 87.2 Å². The molecule has 0 aliphatic heterocycles. The Bertz CT molecular complexity index is 1470. The quantitative estimate of drug-likeness (QED) is 0.144. The van der Waals surface area contributed by atoms with Crippen LogP contribution < -0.4 is 14.8 Å². The van der Waals surface area contributed by atoms with Crippen molar-refractivity contribution in [3.8, 4) is 23.3 Å². The third kappa shape index (κ3) is 5.85. The van der Waals surface area contributed by atoms with E-state index in [1.807, 2.05) is 37.3 Å². The van der Waals surface area contributed by atoms with E-state index in [2.05, 4.69) is 39.4 Å². The molecule has 0 radical (unpaired) electrons. The van der Waals surface area contributed by atoms with Crippen LogP contribution in [0.2, 0.25) is 0 Å². The van der Waals surface area contributed by atoms with E-state index in [0.29, 0.717) is 40.4 Å². The second kappa shape index (κ2) is 11.4. The number of carbonyl (C=O) groups excluding carboxylic acids is 1. The summed E-state index contributed by atoms with van der Waals surface area (Å²) >= 11 is 3.56. The molecule has 6 nitrogen and oxygen atoms in total. The first-order chi connectivity index (χ1) is 17.5. The molecule has 0 bridgehead atoms. The van der Waals surface area contributed by atoms with Gasteiger partial charge in [0, 0.05) is 5.69 Å². The number of nitrogens with zero attached hydrogens (tertiary/aromatic N) is 1. The smallest absolute Gasteiger partial charge is 0.266 e. The number of phenolic OH excluding ortho intramolecular Hbond substituents is 1. The number of phenols is 1. The third-order valence-corrected chi connectivity index (χ3v) is 5.97. The van der Waals surface area contributed by atoms with Crippen LogP contribution in [-0.2, 0) is 11.4 Å². The highest BCUT2D eigenvalue weighted by Gasteiger charge is 2.15. The van der Waals surface area contributed by atoms with Gasteiger partial charge < -0.3 is 19.9 Å². The van der Waals surface area contributed by atoms with Gasteiger partial charge in [-0.15, -0.1) is 0 Å². The van der Waals surface area contributed by atoms with E-state index in [4.69, 9.17) is 9.47 Å². The van der Waals surface area contributed by atoms with Crippen LogP contribution in [0.3, 0.4) is 0 Å². The van der Waals surface area contributed by atoms with Crippen molar-refractivity contribution in [2.75, 3.05) is 11.9 Å². The van der Waals surface area contributed by atoms with Crippen molar-refractivity contribution in [1.82, 2.24) is 0 Å². The summed E-state index contributed by atoms with van der Waals surface area (Å²) in [5, 5.41) is 23.9. The molecule has 0 heterocycles. The summed E-state index contributed by atoms with van der Waals surface area (Å²) in [7, 11) is 0. The summed E-state index contributed by atoms with van der Waals surface area (Å²) in [4.78, 5) is 12.6. The molecule has 0 saturated carbocycles. The fourth-order valence-corrected chi connectivity index (χ4v) is 4.28. The first-order valence-electron chi connectivity index (χ1n) is 11.3. The second-order valence-corrected chi connectivity index (χ2v) is 8.72. The van der Waals surface area contributed by atoms with Crippen LogP contribution in [0.15, 0.2) is 88.9 Å². The molecular formula is C29H23BrN2O4. The number of benzene rings is 4. The minimum absolute atomic E-state index is 0.0816. The predicted octanol–water partition coefficient (Wildman–Crippen LogP) is 6.83. The number of aromatic hydroxyl groups is 1. The number of hydrogen-bond acceptors (Lipinski definition) is 5. The lowest BCUT2D eigenvalue weighted by molar-refractivity contribution is -0.112. The maximum absolute atomic E-state index is 12.6. The Hall–Kier alpha value is -4.28. The Kier molecular flexibility index (Phi) is 7.89. The summed E-state index contributed by atoms with van der Waals surface area (Å²) in [5.74, 6) is 0.553. The van der Waals surface area contributed by atoms with Gasteiger partial charge in [-0.1, -0.05) is 42.5 Å². The van der Waals surface area contributed by atoms with Gasteiger partial charge in [0.05, 0.1) is 11.1 Å². The van der Waals surface area contributed by atoms with Crippen LogP contribution in [0, 0.1) is 11.3 Å². The molecule has 7 heteroatoms. The number of nitrogens with one attached hydrogen (secondary N) is 1. The first kappa shape index (κ1) is 24.8. The van der Waals surface area contributed by atoms with E-state index in [0.717, 1.165) is 16.3 Å². The van der Waals surface area contributed by atoms with Gasteiger partial charge in [0.1, 0.15) is 24.0 Å². The van der Waals surface area contributed by atoms with Gasteiger partial charge in [0.15, 0.2) is 11.5 Å². The van der Waals surface area contributed by atoms with Gasteiger partial charge in [-0.3, -0.25) is 4.79 Å². The summed E-state index contributed by atoms with van der Waals surface area (Å²) in [5.41, 5.74) is 2.03. The molecule has 1 amide bonds.